The molecule has 3 aliphatic rings. The number of rotatable bonds is 9. The van der Waals surface area contributed by atoms with Crippen molar-refractivity contribution in [3.63, 3.8) is 0 Å². The SMILES string of the molecule is CN(C1CCCC1)[C@@H](CC(=O)O)C(=O)N1CCCC[C@@H]1CCOC1CCN(C(=N)N)CC1.Cl.Cl. The van der Waals surface area contributed by atoms with Crippen molar-refractivity contribution in [3.05, 3.63) is 0 Å². The molecule has 2 heterocycles. The maximum atomic E-state index is 13.5. The molecule has 0 unspecified atom stereocenters. The molecule has 2 atom stereocenters. The van der Waals surface area contributed by atoms with Gasteiger partial charge in [-0.15, -0.1) is 24.8 Å². The number of halogens is 2. The molecule has 9 nitrogen and oxygen atoms in total. The summed E-state index contributed by atoms with van der Waals surface area (Å²) in [5.74, 6) is -0.818. The van der Waals surface area contributed by atoms with Gasteiger partial charge in [-0.1, -0.05) is 12.8 Å². The summed E-state index contributed by atoms with van der Waals surface area (Å²) in [6.07, 6.45) is 9.94. The smallest absolute Gasteiger partial charge is 0.305 e. The second-order valence-electron chi connectivity index (χ2n) is 9.63. The molecule has 2 saturated heterocycles. The van der Waals surface area contributed by atoms with Gasteiger partial charge in [-0.3, -0.25) is 19.9 Å². The standard InChI is InChI=1S/C23H41N5O4.2ClH/c1-26(17-6-2-3-7-17)20(16-21(29)30)22(31)28-12-5-4-8-18(28)11-15-32-19-9-13-27(14-10-19)23(24)25;;/h17-20H,2-16H2,1H3,(H3,24,25)(H,29,30);2*1H/t18-,20+;;/m1../s1. The van der Waals surface area contributed by atoms with Gasteiger partial charge in [0.15, 0.2) is 5.96 Å². The summed E-state index contributed by atoms with van der Waals surface area (Å²) < 4.78 is 6.12. The minimum atomic E-state index is -0.915. The number of piperidine rings is 2. The highest BCUT2D eigenvalue weighted by molar-refractivity contribution is 5.86. The zero-order valence-corrected chi connectivity index (χ0v) is 22.0. The molecule has 11 heteroatoms. The Morgan fingerprint density at radius 2 is 1.68 bits per heavy atom. The van der Waals surface area contributed by atoms with E-state index in [1.54, 1.807) is 0 Å². The molecule has 1 amide bonds. The molecule has 0 bridgehead atoms. The zero-order chi connectivity index (χ0) is 23.1. The van der Waals surface area contributed by atoms with Crippen molar-refractivity contribution in [1.82, 2.24) is 14.7 Å². The van der Waals surface area contributed by atoms with Gasteiger partial charge in [-0.2, -0.15) is 0 Å². The van der Waals surface area contributed by atoms with E-state index in [-0.39, 0.29) is 55.2 Å². The van der Waals surface area contributed by atoms with Crippen LogP contribution in [0.3, 0.4) is 0 Å². The summed E-state index contributed by atoms with van der Waals surface area (Å²) in [5.41, 5.74) is 5.56. The lowest BCUT2D eigenvalue weighted by Crippen LogP contribution is -2.55. The molecule has 34 heavy (non-hydrogen) atoms. The van der Waals surface area contributed by atoms with Gasteiger partial charge in [0.1, 0.15) is 0 Å². The van der Waals surface area contributed by atoms with Gasteiger partial charge < -0.3 is 25.4 Å². The van der Waals surface area contributed by atoms with Crippen molar-refractivity contribution in [2.45, 2.75) is 94.9 Å². The molecule has 2 aliphatic heterocycles. The fourth-order valence-corrected chi connectivity index (χ4v) is 5.55. The third-order valence-corrected chi connectivity index (χ3v) is 7.54. The van der Waals surface area contributed by atoms with E-state index in [4.69, 9.17) is 15.9 Å². The fraction of sp³-hybridized carbons (Fsp3) is 0.870. The van der Waals surface area contributed by atoms with Crippen LogP contribution in [0.2, 0.25) is 0 Å². The quantitative estimate of drug-likeness (QED) is 0.313. The molecule has 0 radical (unpaired) electrons. The second-order valence-corrected chi connectivity index (χ2v) is 9.63. The highest BCUT2D eigenvalue weighted by atomic mass is 35.5. The number of carbonyl (C=O) groups excluding carboxylic acids is 1. The first-order chi connectivity index (χ1) is 15.4. The average Bonchev–Trinajstić information content (AvgIpc) is 3.32. The molecular weight excluding hydrogens is 481 g/mol. The molecule has 4 N–H and O–H groups in total. The lowest BCUT2D eigenvalue weighted by molar-refractivity contribution is -0.148. The van der Waals surface area contributed by atoms with Crippen molar-refractivity contribution in [1.29, 1.82) is 5.41 Å². The number of aliphatic carboxylic acids is 1. The Balaban J connectivity index is 0.00000289. The number of hydrogen-bond acceptors (Lipinski definition) is 5. The maximum absolute atomic E-state index is 13.5. The van der Waals surface area contributed by atoms with Crippen LogP contribution in [0.1, 0.15) is 70.6 Å². The molecule has 1 aliphatic carbocycles. The van der Waals surface area contributed by atoms with Gasteiger partial charge in [0.05, 0.1) is 18.6 Å². The molecule has 3 rings (SSSR count). The van der Waals surface area contributed by atoms with Crippen LogP contribution in [0.25, 0.3) is 0 Å². The lowest BCUT2D eigenvalue weighted by Gasteiger charge is -2.41. The molecular formula is C23H43Cl2N5O4. The van der Waals surface area contributed by atoms with E-state index in [0.717, 1.165) is 77.3 Å². The molecule has 0 spiro atoms. The predicted octanol–water partition coefficient (Wildman–Crippen LogP) is 2.69. The van der Waals surface area contributed by atoms with E-state index >= 15 is 0 Å². The number of nitrogens with zero attached hydrogens (tertiary/aromatic N) is 3. The molecule has 1 saturated carbocycles. The Morgan fingerprint density at radius 1 is 1.06 bits per heavy atom. The minimum absolute atomic E-state index is 0. The largest absolute Gasteiger partial charge is 0.481 e. The summed E-state index contributed by atoms with van der Waals surface area (Å²) in [6, 6.07) is -0.175. The number of ether oxygens (including phenoxy) is 1. The fourth-order valence-electron chi connectivity index (χ4n) is 5.55. The van der Waals surface area contributed by atoms with Gasteiger partial charge in [0.2, 0.25) is 5.91 Å². The first-order valence-electron chi connectivity index (χ1n) is 12.3. The van der Waals surface area contributed by atoms with Crippen molar-refractivity contribution in [3.8, 4) is 0 Å². The number of nitrogens with two attached hydrogens (primary N) is 1. The van der Waals surface area contributed by atoms with Gasteiger partial charge in [0.25, 0.3) is 0 Å². The highest BCUT2D eigenvalue weighted by Crippen LogP contribution is 2.28. The van der Waals surface area contributed by atoms with Crippen LogP contribution in [-0.4, -0.2) is 95.2 Å². The van der Waals surface area contributed by atoms with Crippen LogP contribution >= 0.6 is 24.8 Å². The third kappa shape index (κ3) is 8.43. The normalized spacial score (nSPS) is 22.7. The number of nitrogens with one attached hydrogen (secondary N) is 1. The minimum Gasteiger partial charge on any atom is -0.481 e. The van der Waals surface area contributed by atoms with Crippen LogP contribution in [0.5, 0.6) is 0 Å². The van der Waals surface area contributed by atoms with Gasteiger partial charge in [-0.05, 0) is 58.4 Å². The topological polar surface area (TPSA) is 123 Å². The Bertz CT molecular complexity index is 657. The van der Waals surface area contributed by atoms with Crippen LogP contribution in [-0.2, 0) is 14.3 Å². The number of carbonyl (C=O) groups is 2. The number of carboxylic acids is 1. The molecule has 0 aromatic carbocycles. The molecule has 0 aromatic rings. The number of hydrogen-bond donors (Lipinski definition) is 3. The number of likely N-dealkylation sites (N-methyl/N-ethyl adjacent to an activating group) is 1. The summed E-state index contributed by atoms with van der Waals surface area (Å²) in [4.78, 5) is 31.0. The number of carboxylic acid groups (broad SMARTS) is 1. The van der Waals surface area contributed by atoms with E-state index in [2.05, 4.69) is 0 Å². The third-order valence-electron chi connectivity index (χ3n) is 7.54. The summed E-state index contributed by atoms with van der Waals surface area (Å²) in [5, 5.41) is 17.0. The predicted molar refractivity (Wildman–Crippen MR) is 137 cm³/mol. The van der Waals surface area contributed by atoms with E-state index in [1.807, 2.05) is 21.7 Å². The molecule has 198 valence electrons. The van der Waals surface area contributed by atoms with Gasteiger partial charge in [-0.25, -0.2) is 0 Å². The van der Waals surface area contributed by atoms with E-state index < -0.39 is 12.0 Å². The zero-order valence-electron chi connectivity index (χ0n) is 20.3. The van der Waals surface area contributed by atoms with E-state index in [0.29, 0.717) is 19.2 Å². The highest BCUT2D eigenvalue weighted by Gasteiger charge is 2.37. The Morgan fingerprint density at radius 3 is 2.26 bits per heavy atom. The average molecular weight is 525 g/mol. The number of amides is 1. The lowest BCUT2D eigenvalue weighted by atomic mass is 9.97. The Labute approximate surface area is 216 Å². The molecule has 3 fully saturated rings. The summed E-state index contributed by atoms with van der Waals surface area (Å²) in [7, 11) is 1.93. The maximum Gasteiger partial charge on any atom is 0.305 e. The van der Waals surface area contributed by atoms with Gasteiger partial charge >= 0.3 is 5.97 Å². The van der Waals surface area contributed by atoms with Crippen LogP contribution < -0.4 is 5.73 Å². The van der Waals surface area contributed by atoms with E-state index in [9.17, 15) is 14.7 Å². The summed E-state index contributed by atoms with van der Waals surface area (Å²) in [6.45, 7) is 2.80. The Kier molecular flexibility index (Phi) is 13.5. The monoisotopic (exact) mass is 523 g/mol. The van der Waals surface area contributed by atoms with Crippen molar-refractivity contribution in [2.75, 3.05) is 33.3 Å². The van der Waals surface area contributed by atoms with Gasteiger partial charge in [0, 0.05) is 38.3 Å². The van der Waals surface area contributed by atoms with Crippen molar-refractivity contribution < 1.29 is 19.4 Å². The molecule has 0 aromatic heterocycles. The first-order valence-corrected chi connectivity index (χ1v) is 12.3. The van der Waals surface area contributed by atoms with Crippen LogP contribution in [0.15, 0.2) is 0 Å². The summed E-state index contributed by atoms with van der Waals surface area (Å²) >= 11 is 0. The van der Waals surface area contributed by atoms with Crippen molar-refractivity contribution >= 4 is 42.7 Å². The second kappa shape index (κ2) is 15.0. The van der Waals surface area contributed by atoms with Crippen molar-refractivity contribution in [2.24, 2.45) is 5.73 Å². The Hall–Kier alpha value is -1.29. The number of likely N-dealkylation sites (tertiary alicyclic amines) is 2. The van der Waals surface area contributed by atoms with E-state index in [1.165, 1.54) is 0 Å². The first kappa shape index (κ1) is 30.7. The number of guanidine groups is 1. The van der Waals surface area contributed by atoms with Crippen LogP contribution in [0, 0.1) is 5.41 Å². The van der Waals surface area contributed by atoms with Crippen LogP contribution in [0.4, 0.5) is 0 Å².